The Morgan fingerprint density at radius 1 is 1.18 bits per heavy atom. The number of unbranched alkanes of at least 4 members (excludes halogenated alkanes) is 1. The number of benzene rings is 2. The Morgan fingerprint density at radius 3 is 2.50 bits per heavy atom. The normalized spacial score (nSPS) is 11.5. The van der Waals surface area contributed by atoms with Crippen LogP contribution in [0.1, 0.15) is 31.2 Å². The number of hydrogen-bond donors (Lipinski definition) is 2. The van der Waals surface area contributed by atoms with Crippen molar-refractivity contribution >= 4 is 56.1 Å². The number of aryl methyl sites for hydroxylation is 1. The minimum absolute atomic E-state index is 0.341. The van der Waals surface area contributed by atoms with Crippen molar-refractivity contribution in [3.05, 3.63) is 68.6 Å². The SMILES string of the molecule is CCCCc1nc(Cl)c(Cl)n1Cc1ccc2oc(-c3ccccc3-c3nn[nH]n3)c(Br)c2c1.O=C(O)C(F)(F)F. The van der Waals surface area contributed by atoms with E-state index in [0.717, 1.165) is 57.2 Å². The molecule has 0 radical (unpaired) electrons. The number of aromatic amines is 1. The zero-order chi connectivity index (χ0) is 29.0. The highest BCUT2D eigenvalue weighted by molar-refractivity contribution is 9.10. The van der Waals surface area contributed by atoms with E-state index in [1.54, 1.807) is 0 Å². The van der Waals surface area contributed by atoms with Crippen LogP contribution in [0.3, 0.4) is 0 Å². The molecule has 0 saturated carbocycles. The van der Waals surface area contributed by atoms with Gasteiger partial charge in [0.25, 0.3) is 0 Å². The number of nitrogens with one attached hydrogen (secondary N) is 1. The van der Waals surface area contributed by atoms with Crippen LogP contribution in [-0.2, 0) is 17.8 Å². The second-order valence-electron chi connectivity index (χ2n) is 8.46. The molecule has 2 N–H and O–H groups in total. The molecule has 0 saturated heterocycles. The largest absolute Gasteiger partial charge is 0.490 e. The first-order valence-electron chi connectivity index (χ1n) is 11.8. The summed E-state index contributed by atoms with van der Waals surface area (Å²) in [6, 6.07) is 13.9. The molecule has 0 unspecified atom stereocenters. The standard InChI is InChI=1S/C23H19BrCl2N6O.C2HF3O2/c1-2-3-8-18-27-21(25)22(26)32(18)12-13-9-10-17-16(11-13)19(24)20(33-17)14-6-4-5-7-15(14)23-28-30-31-29-23;3-2(4,5)1(6)7/h4-7,9-11H,2-3,8,12H2,1H3,(H,28,29,30,31);(H,6,7). The van der Waals surface area contributed by atoms with Gasteiger partial charge in [0.05, 0.1) is 11.0 Å². The van der Waals surface area contributed by atoms with Gasteiger partial charge in [0.2, 0.25) is 5.82 Å². The summed E-state index contributed by atoms with van der Waals surface area (Å²) in [5, 5.41) is 23.3. The maximum atomic E-state index is 10.6. The minimum Gasteiger partial charge on any atom is -0.475 e. The fourth-order valence-electron chi connectivity index (χ4n) is 3.85. The van der Waals surface area contributed by atoms with Gasteiger partial charge < -0.3 is 14.1 Å². The minimum atomic E-state index is -5.08. The van der Waals surface area contributed by atoms with E-state index >= 15 is 0 Å². The first-order chi connectivity index (χ1) is 19.0. The summed E-state index contributed by atoms with van der Waals surface area (Å²) >= 11 is 16.4. The van der Waals surface area contributed by atoms with Crippen LogP contribution in [0.5, 0.6) is 0 Å². The number of carboxylic acids is 1. The van der Waals surface area contributed by atoms with Gasteiger partial charge in [0, 0.05) is 22.9 Å². The second-order valence-corrected chi connectivity index (χ2v) is 9.97. The number of aromatic nitrogens is 6. The van der Waals surface area contributed by atoms with Gasteiger partial charge in [0.15, 0.2) is 5.15 Å². The van der Waals surface area contributed by atoms with Crippen LogP contribution >= 0.6 is 39.1 Å². The Bertz CT molecular complexity index is 1640. The molecule has 3 aromatic heterocycles. The van der Waals surface area contributed by atoms with E-state index in [0.29, 0.717) is 28.4 Å². The van der Waals surface area contributed by atoms with Crippen molar-refractivity contribution in [1.82, 2.24) is 30.2 Å². The third kappa shape index (κ3) is 6.48. The molecule has 0 spiro atoms. The number of carbonyl (C=O) groups is 1. The van der Waals surface area contributed by atoms with E-state index in [9.17, 15) is 13.2 Å². The van der Waals surface area contributed by atoms with Crippen molar-refractivity contribution in [2.75, 3.05) is 0 Å². The average Bonchev–Trinajstić information content (AvgIpc) is 3.63. The van der Waals surface area contributed by atoms with Crippen LogP contribution in [0.4, 0.5) is 13.2 Å². The lowest BCUT2D eigenvalue weighted by atomic mass is 10.0. The van der Waals surface area contributed by atoms with Crippen LogP contribution in [0.15, 0.2) is 51.4 Å². The maximum absolute atomic E-state index is 10.6. The number of tetrazole rings is 1. The summed E-state index contributed by atoms with van der Waals surface area (Å²) in [7, 11) is 0. The third-order valence-electron chi connectivity index (χ3n) is 5.73. The number of H-pyrrole nitrogens is 1. The van der Waals surface area contributed by atoms with E-state index < -0.39 is 12.1 Å². The summed E-state index contributed by atoms with van der Waals surface area (Å²) in [4.78, 5) is 13.3. The highest BCUT2D eigenvalue weighted by atomic mass is 79.9. The second kappa shape index (κ2) is 12.4. The van der Waals surface area contributed by atoms with Crippen LogP contribution in [0, 0.1) is 0 Å². The molecule has 9 nitrogen and oxygen atoms in total. The average molecular weight is 660 g/mol. The van der Waals surface area contributed by atoms with Crippen molar-refractivity contribution in [1.29, 1.82) is 0 Å². The van der Waals surface area contributed by atoms with Crippen LogP contribution in [-0.4, -0.2) is 47.4 Å². The third-order valence-corrected chi connectivity index (χ3v) is 7.26. The summed E-state index contributed by atoms with van der Waals surface area (Å²) in [6.45, 7) is 2.72. The van der Waals surface area contributed by atoms with Crippen molar-refractivity contribution < 1.29 is 27.5 Å². The Balaban J connectivity index is 0.000000470. The lowest BCUT2D eigenvalue weighted by Gasteiger charge is -2.09. The predicted octanol–water partition coefficient (Wildman–Crippen LogP) is 7.57. The van der Waals surface area contributed by atoms with Gasteiger partial charge in [-0.15, -0.1) is 10.2 Å². The lowest BCUT2D eigenvalue weighted by Crippen LogP contribution is -2.21. The molecule has 40 heavy (non-hydrogen) atoms. The van der Waals surface area contributed by atoms with E-state index in [1.165, 1.54) is 0 Å². The number of rotatable bonds is 7. The molecular weight excluding hydrogens is 640 g/mol. The smallest absolute Gasteiger partial charge is 0.475 e. The molecule has 0 amide bonds. The van der Waals surface area contributed by atoms with Gasteiger partial charge in [-0.1, -0.05) is 66.9 Å². The number of fused-ring (bicyclic) bond motifs is 1. The number of aliphatic carboxylic acids is 1. The summed E-state index contributed by atoms with van der Waals surface area (Å²) in [5.74, 6) is -0.653. The molecule has 15 heteroatoms. The van der Waals surface area contributed by atoms with E-state index in [4.69, 9.17) is 37.5 Å². The van der Waals surface area contributed by atoms with Crippen LogP contribution < -0.4 is 0 Å². The highest BCUT2D eigenvalue weighted by Crippen LogP contribution is 2.41. The van der Waals surface area contributed by atoms with Gasteiger partial charge >= 0.3 is 12.1 Å². The number of nitrogens with zero attached hydrogens (tertiary/aromatic N) is 5. The first-order valence-corrected chi connectivity index (χ1v) is 13.3. The Morgan fingerprint density at radius 2 is 1.88 bits per heavy atom. The first kappa shape index (κ1) is 29.6. The lowest BCUT2D eigenvalue weighted by molar-refractivity contribution is -0.192. The van der Waals surface area contributed by atoms with Gasteiger partial charge in [-0.2, -0.15) is 18.4 Å². The van der Waals surface area contributed by atoms with Crippen molar-refractivity contribution in [2.45, 2.75) is 38.9 Å². The van der Waals surface area contributed by atoms with E-state index in [2.05, 4.69) is 54.5 Å². The molecule has 5 aromatic rings. The molecule has 3 heterocycles. The number of imidazole rings is 1. The maximum Gasteiger partial charge on any atom is 0.490 e. The highest BCUT2D eigenvalue weighted by Gasteiger charge is 2.38. The molecule has 210 valence electrons. The van der Waals surface area contributed by atoms with Crippen LogP contribution in [0.25, 0.3) is 33.7 Å². The number of carboxylic acid groups (broad SMARTS) is 1. The zero-order valence-corrected chi connectivity index (χ0v) is 23.7. The molecule has 0 atom stereocenters. The van der Waals surface area contributed by atoms with Crippen LogP contribution in [0.2, 0.25) is 10.3 Å². The number of halogens is 6. The van der Waals surface area contributed by atoms with Crippen molar-refractivity contribution in [3.63, 3.8) is 0 Å². The Hall–Kier alpha value is -3.42. The molecule has 0 aliphatic carbocycles. The molecule has 0 aliphatic rings. The fraction of sp³-hybridized carbons (Fsp3) is 0.240. The quantitative estimate of drug-likeness (QED) is 0.185. The molecule has 5 rings (SSSR count). The number of alkyl halides is 3. The zero-order valence-electron chi connectivity index (χ0n) is 20.6. The predicted molar refractivity (Wildman–Crippen MR) is 146 cm³/mol. The fourth-order valence-corrected chi connectivity index (χ4v) is 4.86. The summed E-state index contributed by atoms with van der Waals surface area (Å²) in [5.41, 5.74) is 3.53. The Labute approximate surface area is 243 Å². The van der Waals surface area contributed by atoms with E-state index in [-0.39, 0.29) is 0 Å². The van der Waals surface area contributed by atoms with Crippen molar-refractivity contribution in [2.24, 2.45) is 0 Å². The van der Waals surface area contributed by atoms with Gasteiger partial charge in [-0.05, 0) is 45.3 Å². The molecule has 0 aliphatic heterocycles. The summed E-state index contributed by atoms with van der Waals surface area (Å²) < 4.78 is 40.8. The topological polar surface area (TPSA) is 123 Å². The van der Waals surface area contributed by atoms with Crippen molar-refractivity contribution in [3.8, 4) is 22.7 Å². The van der Waals surface area contributed by atoms with Gasteiger partial charge in [0.1, 0.15) is 22.3 Å². The van der Waals surface area contributed by atoms with Gasteiger partial charge in [-0.3, -0.25) is 0 Å². The van der Waals surface area contributed by atoms with Gasteiger partial charge in [-0.25, -0.2) is 9.78 Å². The monoisotopic (exact) mass is 658 g/mol. The molecule has 2 aromatic carbocycles. The molecule has 0 fully saturated rings. The number of hydrogen-bond acceptors (Lipinski definition) is 6. The summed E-state index contributed by atoms with van der Waals surface area (Å²) in [6.07, 6.45) is -2.15. The number of furan rings is 1. The van der Waals surface area contributed by atoms with E-state index in [1.807, 2.05) is 41.0 Å². The Kier molecular flexibility index (Phi) is 9.16. The molecular formula is C25H20BrCl2F3N6O3. The molecule has 0 bridgehead atoms.